The first kappa shape index (κ1) is 14.1. The van der Waals surface area contributed by atoms with Crippen LogP contribution in [-0.2, 0) is 13.0 Å². The van der Waals surface area contributed by atoms with Crippen LogP contribution in [0.4, 0.5) is 0 Å². The molecule has 21 heavy (non-hydrogen) atoms. The summed E-state index contributed by atoms with van der Waals surface area (Å²) in [6.45, 7) is 4.92. The Kier molecular flexibility index (Phi) is 3.93. The highest BCUT2D eigenvalue weighted by Gasteiger charge is 2.12. The number of imidazole rings is 1. The standard InChI is InChI=1S/C17H18ClN3/c1-12-5-3-4-6-14(12)11-21-16(9-10-18)20-15-8-7-13(2)19-17(15)21/h3-8H,9-11H2,1-2H3. The van der Waals surface area contributed by atoms with Crippen molar-refractivity contribution in [1.29, 1.82) is 0 Å². The molecule has 2 aromatic heterocycles. The second-order valence-electron chi connectivity index (χ2n) is 5.28. The van der Waals surface area contributed by atoms with Gasteiger partial charge in [-0.25, -0.2) is 9.97 Å². The van der Waals surface area contributed by atoms with Crippen molar-refractivity contribution in [3.63, 3.8) is 0 Å². The van der Waals surface area contributed by atoms with E-state index in [1.807, 2.05) is 19.1 Å². The van der Waals surface area contributed by atoms with E-state index in [0.29, 0.717) is 5.88 Å². The minimum absolute atomic E-state index is 0.566. The van der Waals surface area contributed by atoms with Crippen LogP contribution in [0.2, 0.25) is 0 Å². The van der Waals surface area contributed by atoms with Gasteiger partial charge >= 0.3 is 0 Å². The lowest BCUT2D eigenvalue weighted by Gasteiger charge is -2.10. The van der Waals surface area contributed by atoms with Gasteiger partial charge in [-0.1, -0.05) is 24.3 Å². The summed E-state index contributed by atoms with van der Waals surface area (Å²) in [5.41, 5.74) is 5.46. The molecule has 0 spiro atoms. The quantitative estimate of drug-likeness (QED) is 0.685. The highest BCUT2D eigenvalue weighted by molar-refractivity contribution is 6.17. The van der Waals surface area contributed by atoms with E-state index < -0.39 is 0 Å². The summed E-state index contributed by atoms with van der Waals surface area (Å²) in [7, 11) is 0. The van der Waals surface area contributed by atoms with Gasteiger partial charge in [0.1, 0.15) is 11.3 Å². The van der Waals surface area contributed by atoms with E-state index in [0.717, 1.165) is 35.6 Å². The summed E-state index contributed by atoms with van der Waals surface area (Å²) in [6.07, 6.45) is 0.753. The van der Waals surface area contributed by atoms with E-state index in [-0.39, 0.29) is 0 Å². The maximum Gasteiger partial charge on any atom is 0.160 e. The molecule has 0 aliphatic heterocycles. The number of aromatic nitrogens is 3. The van der Waals surface area contributed by atoms with Crippen LogP contribution in [0.5, 0.6) is 0 Å². The van der Waals surface area contributed by atoms with Crippen LogP contribution in [0.3, 0.4) is 0 Å². The predicted molar refractivity (Wildman–Crippen MR) is 87.0 cm³/mol. The van der Waals surface area contributed by atoms with Crippen LogP contribution < -0.4 is 0 Å². The molecule has 0 N–H and O–H groups in total. The zero-order valence-electron chi connectivity index (χ0n) is 12.3. The SMILES string of the molecule is Cc1ccc2nc(CCCl)n(Cc3ccccc3C)c2n1. The number of aryl methyl sites for hydroxylation is 3. The summed E-state index contributed by atoms with van der Waals surface area (Å²) in [6, 6.07) is 12.5. The van der Waals surface area contributed by atoms with E-state index in [1.165, 1.54) is 11.1 Å². The zero-order chi connectivity index (χ0) is 14.8. The topological polar surface area (TPSA) is 30.7 Å². The Bertz CT molecular complexity index is 777. The van der Waals surface area contributed by atoms with Crippen LogP contribution in [0.25, 0.3) is 11.2 Å². The molecular weight excluding hydrogens is 282 g/mol. The van der Waals surface area contributed by atoms with E-state index in [9.17, 15) is 0 Å². The molecule has 0 atom stereocenters. The fourth-order valence-corrected chi connectivity index (χ4v) is 2.71. The normalized spacial score (nSPS) is 11.2. The van der Waals surface area contributed by atoms with Crippen molar-refractivity contribution in [2.24, 2.45) is 0 Å². The van der Waals surface area contributed by atoms with E-state index in [2.05, 4.69) is 45.7 Å². The molecule has 2 heterocycles. The van der Waals surface area contributed by atoms with Crippen LogP contribution >= 0.6 is 11.6 Å². The molecule has 0 saturated carbocycles. The predicted octanol–water partition coefficient (Wildman–Crippen LogP) is 3.88. The summed E-state index contributed by atoms with van der Waals surface area (Å²) < 4.78 is 2.19. The number of hydrogen-bond acceptors (Lipinski definition) is 2. The number of alkyl halides is 1. The Morgan fingerprint density at radius 3 is 2.62 bits per heavy atom. The Morgan fingerprint density at radius 2 is 1.86 bits per heavy atom. The zero-order valence-corrected chi connectivity index (χ0v) is 13.1. The monoisotopic (exact) mass is 299 g/mol. The molecule has 4 heteroatoms. The van der Waals surface area contributed by atoms with Gasteiger partial charge in [-0.3, -0.25) is 0 Å². The van der Waals surface area contributed by atoms with Gasteiger partial charge in [0.2, 0.25) is 0 Å². The molecule has 3 aromatic rings. The van der Waals surface area contributed by atoms with Gasteiger partial charge in [-0.05, 0) is 37.1 Å². The number of hydrogen-bond donors (Lipinski definition) is 0. The third kappa shape index (κ3) is 2.79. The average molecular weight is 300 g/mol. The van der Waals surface area contributed by atoms with Gasteiger partial charge < -0.3 is 4.57 Å². The largest absolute Gasteiger partial charge is 0.308 e. The van der Waals surface area contributed by atoms with Crippen LogP contribution in [-0.4, -0.2) is 20.4 Å². The number of pyridine rings is 1. The molecule has 0 unspecified atom stereocenters. The Labute approximate surface area is 129 Å². The van der Waals surface area contributed by atoms with Crippen molar-refractivity contribution in [1.82, 2.24) is 14.5 Å². The molecule has 1 aromatic carbocycles. The van der Waals surface area contributed by atoms with Crippen molar-refractivity contribution in [3.05, 3.63) is 59.0 Å². The van der Waals surface area contributed by atoms with Crippen molar-refractivity contribution >= 4 is 22.8 Å². The van der Waals surface area contributed by atoms with Crippen molar-refractivity contribution in [2.75, 3.05) is 5.88 Å². The maximum atomic E-state index is 5.93. The molecule has 108 valence electrons. The lowest BCUT2D eigenvalue weighted by Crippen LogP contribution is -2.08. The molecular formula is C17H18ClN3. The third-order valence-corrected chi connectivity index (χ3v) is 3.91. The summed E-state index contributed by atoms with van der Waals surface area (Å²) in [5, 5.41) is 0. The van der Waals surface area contributed by atoms with Gasteiger partial charge in [0.25, 0.3) is 0 Å². The molecule has 0 fully saturated rings. The first-order chi connectivity index (χ1) is 10.2. The maximum absolute atomic E-state index is 5.93. The highest BCUT2D eigenvalue weighted by Crippen LogP contribution is 2.19. The Morgan fingerprint density at radius 1 is 1.05 bits per heavy atom. The number of nitrogens with zero attached hydrogens (tertiary/aromatic N) is 3. The van der Waals surface area contributed by atoms with Gasteiger partial charge in [0.15, 0.2) is 5.65 Å². The van der Waals surface area contributed by atoms with Crippen LogP contribution in [0.1, 0.15) is 22.6 Å². The molecule has 3 rings (SSSR count). The second kappa shape index (κ2) is 5.86. The minimum Gasteiger partial charge on any atom is -0.308 e. The number of fused-ring (bicyclic) bond motifs is 1. The molecule has 0 aliphatic carbocycles. The number of halogens is 1. The third-order valence-electron chi connectivity index (χ3n) is 3.72. The van der Waals surface area contributed by atoms with E-state index in [1.54, 1.807) is 0 Å². The smallest absolute Gasteiger partial charge is 0.160 e. The van der Waals surface area contributed by atoms with E-state index in [4.69, 9.17) is 11.6 Å². The van der Waals surface area contributed by atoms with Crippen molar-refractivity contribution in [2.45, 2.75) is 26.8 Å². The summed E-state index contributed by atoms with van der Waals surface area (Å²) in [4.78, 5) is 9.35. The lowest BCUT2D eigenvalue weighted by atomic mass is 10.1. The van der Waals surface area contributed by atoms with Crippen molar-refractivity contribution in [3.8, 4) is 0 Å². The van der Waals surface area contributed by atoms with Gasteiger partial charge in [-0.15, -0.1) is 11.6 Å². The van der Waals surface area contributed by atoms with Gasteiger partial charge in [0, 0.05) is 18.0 Å². The van der Waals surface area contributed by atoms with Crippen LogP contribution in [0.15, 0.2) is 36.4 Å². The van der Waals surface area contributed by atoms with Gasteiger partial charge in [0.05, 0.1) is 6.54 Å². The molecule has 3 nitrogen and oxygen atoms in total. The second-order valence-corrected chi connectivity index (χ2v) is 5.65. The summed E-state index contributed by atoms with van der Waals surface area (Å²) in [5.74, 6) is 1.57. The first-order valence-corrected chi connectivity index (χ1v) is 7.65. The molecule has 0 bridgehead atoms. The molecule has 0 aliphatic rings. The van der Waals surface area contributed by atoms with Crippen molar-refractivity contribution < 1.29 is 0 Å². The summed E-state index contributed by atoms with van der Waals surface area (Å²) >= 11 is 5.93. The fraction of sp³-hybridized carbons (Fsp3) is 0.294. The van der Waals surface area contributed by atoms with Gasteiger partial charge in [-0.2, -0.15) is 0 Å². The lowest BCUT2D eigenvalue weighted by molar-refractivity contribution is 0.743. The average Bonchev–Trinajstić information content (AvgIpc) is 2.79. The van der Waals surface area contributed by atoms with E-state index >= 15 is 0 Å². The minimum atomic E-state index is 0.566. The fourth-order valence-electron chi connectivity index (χ4n) is 2.54. The van der Waals surface area contributed by atoms with Crippen LogP contribution in [0, 0.1) is 13.8 Å². The number of benzene rings is 1. The first-order valence-electron chi connectivity index (χ1n) is 7.12. The Balaban J connectivity index is 2.12. The molecule has 0 saturated heterocycles. The number of rotatable bonds is 4. The molecule has 0 radical (unpaired) electrons. The Hall–Kier alpha value is -1.87. The molecule has 0 amide bonds. The highest BCUT2D eigenvalue weighted by atomic mass is 35.5.